The van der Waals surface area contributed by atoms with Gasteiger partial charge in [-0.3, -0.25) is 9.39 Å². The van der Waals surface area contributed by atoms with Crippen molar-refractivity contribution < 1.29 is 4.74 Å². The smallest absolute Gasteiger partial charge is 0.191 e. The Morgan fingerprint density at radius 2 is 2.03 bits per heavy atom. The highest BCUT2D eigenvalue weighted by atomic mass is 127. The lowest BCUT2D eigenvalue weighted by Crippen LogP contribution is -2.44. The predicted octanol–water partition coefficient (Wildman–Crippen LogP) is 2.73. The van der Waals surface area contributed by atoms with Crippen LogP contribution >= 0.6 is 24.0 Å². The summed E-state index contributed by atoms with van der Waals surface area (Å²) in [6, 6.07) is 14.4. The molecule has 0 aliphatic carbocycles. The molecular formula is C22H30IN7O. The molecule has 3 aromatic rings. The van der Waals surface area contributed by atoms with Gasteiger partial charge < -0.3 is 20.3 Å². The van der Waals surface area contributed by atoms with Crippen LogP contribution in [0.2, 0.25) is 0 Å². The Morgan fingerprint density at radius 1 is 1.19 bits per heavy atom. The maximum Gasteiger partial charge on any atom is 0.191 e. The SMILES string of the molecule is CCNC(=NCCc1nnc2ccccn12)NC1CCN(c2ccccc2OC)C1.I. The summed E-state index contributed by atoms with van der Waals surface area (Å²) in [6.07, 6.45) is 3.78. The molecule has 1 fully saturated rings. The molecule has 3 heterocycles. The van der Waals surface area contributed by atoms with E-state index in [1.807, 2.05) is 40.9 Å². The number of methoxy groups -OCH3 is 1. The lowest BCUT2D eigenvalue weighted by Gasteiger charge is -2.22. The number of fused-ring (bicyclic) bond motifs is 1. The second-order valence-corrected chi connectivity index (χ2v) is 7.30. The molecule has 1 aliphatic rings. The number of rotatable bonds is 7. The monoisotopic (exact) mass is 535 g/mol. The molecule has 1 atom stereocenters. The molecule has 0 amide bonds. The molecule has 1 aliphatic heterocycles. The fraction of sp³-hybridized carbons (Fsp3) is 0.409. The first kappa shape index (κ1) is 23.1. The number of pyridine rings is 1. The second-order valence-electron chi connectivity index (χ2n) is 7.30. The molecule has 4 rings (SSSR count). The van der Waals surface area contributed by atoms with Gasteiger partial charge in [0.1, 0.15) is 11.6 Å². The van der Waals surface area contributed by atoms with Crippen LogP contribution in [-0.2, 0) is 6.42 Å². The largest absolute Gasteiger partial charge is 0.495 e. The molecule has 0 saturated carbocycles. The Labute approximate surface area is 200 Å². The van der Waals surface area contributed by atoms with Crippen molar-refractivity contribution in [2.24, 2.45) is 4.99 Å². The highest BCUT2D eigenvalue weighted by Crippen LogP contribution is 2.30. The summed E-state index contributed by atoms with van der Waals surface area (Å²) < 4.78 is 7.53. The van der Waals surface area contributed by atoms with Crippen LogP contribution in [0, 0.1) is 0 Å². The van der Waals surface area contributed by atoms with Gasteiger partial charge in [-0.15, -0.1) is 34.2 Å². The van der Waals surface area contributed by atoms with E-state index in [-0.39, 0.29) is 24.0 Å². The minimum absolute atomic E-state index is 0. The van der Waals surface area contributed by atoms with Crippen LogP contribution in [0.15, 0.2) is 53.7 Å². The van der Waals surface area contributed by atoms with Gasteiger partial charge in [0.25, 0.3) is 0 Å². The molecule has 1 unspecified atom stereocenters. The molecule has 1 aromatic carbocycles. The number of nitrogens with zero attached hydrogens (tertiary/aromatic N) is 5. The van der Waals surface area contributed by atoms with Crippen molar-refractivity contribution in [2.45, 2.75) is 25.8 Å². The van der Waals surface area contributed by atoms with Gasteiger partial charge in [-0.1, -0.05) is 18.2 Å². The van der Waals surface area contributed by atoms with Gasteiger partial charge in [0.2, 0.25) is 0 Å². The number of aromatic nitrogens is 3. The van der Waals surface area contributed by atoms with E-state index in [9.17, 15) is 0 Å². The van der Waals surface area contributed by atoms with Crippen molar-refractivity contribution in [1.29, 1.82) is 0 Å². The van der Waals surface area contributed by atoms with Crippen molar-refractivity contribution in [3.05, 3.63) is 54.5 Å². The van der Waals surface area contributed by atoms with E-state index < -0.39 is 0 Å². The molecule has 2 aromatic heterocycles. The standard InChI is InChI=1S/C22H29N7O.HI/c1-3-23-22(24-13-11-21-27-26-20-10-6-7-14-29(20)21)25-17-12-15-28(16-17)18-8-4-5-9-19(18)30-2;/h4-10,14,17H,3,11-13,15-16H2,1-2H3,(H2,23,24,25);1H. The molecule has 0 radical (unpaired) electrons. The number of anilines is 1. The van der Waals surface area contributed by atoms with Crippen molar-refractivity contribution in [1.82, 2.24) is 25.2 Å². The maximum absolute atomic E-state index is 5.52. The molecule has 2 N–H and O–H groups in total. The Bertz CT molecular complexity index is 1010. The van der Waals surface area contributed by atoms with E-state index in [4.69, 9.17) is 9.73 Å². The molecule has 31 heavy (non-hydrogen) atoms. The number of nitrogens with one attached hydrogen (secondary N) is 2. The van der Waals surface area contributed by atoms with E-state index in [1.54, 1.807) is 7.11 Å². The number of hydrogen-bond donors (Lipinski definition) is 2. The predicted molar refractivity (Wildman–Crippen MR) is 135 cm³/mol. The number of benzene rings is 1. The van der Waals surface area contributed by atoms with Crippen LogP contribution in [-0.4, -0.2) is 59.9 Å². The van der Waals surface area contributed by atoms with Gasteiger partial charge in [-0.05, 0) is 37.6 Å². The van der Waals surface area contributed by atoms with E-state index >= 15 is 0 Å². The van der Waals surface area contributed by atoms with Gasteiger partial charge in [0.15, 0.2) is 11.6 Å². The minimum atomic E-state index is 0. The average Bonchev–Trinajstić information content (AvgIpc) is 3.41. The number of ether oxygens (including phenoxy) is 1. The first-order valence-electron chi connectivity index (χ1n) is 10.5. The van der Waals surface area contributed by atoms with E-state index in [2.05, 4.69) is 44.8 Å². The number of aliphatic imine (C=N–C) groups is 1. The Hall–Kier alpha value is -2.56. The van der Waals surface area contributed by atoms with Gasteiger partial charge in [0, 0.05) is 44.8 Å². The van der Waals surface area contributed by atoms with Crippen LogP contribution < -0.4 is 20.3 Å². The Balaban J connectivity index is 0.00000272. The number of para-hydroxylation sites is 2. The third-order valence-electron chi connectivity index (χ3n) is 5.29. The third kappa shape index (κ3) is 5.57. The molecule has 8 nitrogen and oxygen atoms in total. The Morgan fingerprint density at radius 3 is 2.87 bits per heavy atom. The molecular weight excluding hydrogens is 505 g/mol. The molecule has 1 saturated heterocycles. The van der Waals surface area contributed by atoms with E-state index in [0.717, 1.165) is 61.3 Å². The van der Waals surface area contributed by atoms with E-state index in [0.29, 0.717) is 12.6 Å². The summed E-state index contributed by atoms with van der Waals surface area (Å²) >= 11 is 0. The summed E-state index contributed by atoms with van der Waals surface area (Å²) in [5.74, 6) is 2.69. The van der Waals surface area contributed by atoms with Gasteiger partial charge >= 0.3 is 0 Å². The van der Waals surface area contributed by atoms with Gasteiger partial charge in [-0.2, -0.15) is 0 Å². The normalized spacial score (nSPS) is 16.3. The van der Waals surface area contributed by atoms with Crippen molar-refractivity contribution in [3.8, 4) is 5.75 Å². The summed E-state index contributed by atoms with van der Waals surface area (Å²) in [7, 11) is 1.72. The first-order chi connectivity index (χ1) is 14.8. The van der Waals surface area contributed by atoms with Crippen molar-refractivity contribution >= 4 is 41.3 Å². The zero-order valence-electron chi connectivity index (χ0n) is 18.0. The minimum Gasteiger partial charge on any atom is -0.495 e. The topological polar surface area (TPSA) is 79.1 Å². The summed E-state index contributed by atoms with van der Waals surface area (Å²) in [5.41, 5.74) is 2.01. The molecule has 9 heteroatoms. The van der Waals surface area contributed by atoms with Crippen LogP contribution in [0.25, 0.3) is 5.65 Å². The van der Waals surface area contributed by atoms with Crippen LogP contribution in [0.1, 0.15) is 19.2 Å². The molecule has 0 spiro atoms. The summed E-state index contributed by atoms with van der Waals surface area (Å²) in [4.78, 5) is 7.12. The summed E-state index contributed by atoms with van der Waals surface area (Å²) in [5, 5.41) is 15.4. The zero-order valence-corrected chi connectivity index (χ0v) is 20.3. The van der Waals surface area contributed by atoms with Crippen LogP contribution in [0.5, 0.6) is 5.75 Å². The van der Waals surface area contributed by atoms with Gasteiger partial charge in [0.05, 0.1) is 12.8 Å². The lowest BCUT2D eigenvalue weighted by atomic mass is 10.2. The lowest BCUT2D eigenvalue weighted by molar-refractivity contribution is 0.415. The highest BCUT2D eigenvalue weighted by Gasteiger charge is 2.25. The van der Waals surface area contributed by atoms with Crippen molar-refractivity contribution in [2.75, 3.05) is 38.2 Å². The Kier molecular flexibility index (Phi) is 8.33. The number of guanidine groups is 1. The molecule has 166 valence electrons. The van der Waals surface area contributed by atoms with Gasteiger partial charge in [-0.25, -0.2) is 0 Å². The van der Waals surface area contributed by atoms with Crippen LogP contribution in [0.4, 0.5) is 5.69 Å². The second kappa shape index (κ2) is 11.2. The average molecular weight is 535 g/mol. The van der Waals surface area contributed by atoms with Crippen LogP contribution in [0.3, 0.4) is 0 Å². The third-order valence-corrected chi connectivity index (χ3v) is 5.29. The number of halogens is 1. The number of hydrogen-bond acceptors (Lipinski definition) is 5. The van der Waals surface area contributed by atoms with E-state index in [1.165, 1.54) is 0 Å². The van der Waals surface area contributed by atoms with Crippen molar-refractivity contribution in [3.63, 3.8) is 0 Å². The zero-order chi connectivity index (χ0) is 20.8. The fourth-order valence-corrected chi connectivity index (χ4v) is 3.83. The highest BCUT2D eigenvalue weighted by molar-refractivity contribution is 14.0. The molecule has 0 bridgehead atoms. The summed E-state index contributed by atoms with van der Waals surface area (Å²) in [6.45, 7) is 5.46. The first-order valence-corrected chi connectivity index (χ1v) is 10.5. The fourth-order valence-electron chi connectivity index (χ4n) is 3.83. The maximum atomic E-state index is 5.52. The quantitative estimate of drug-likeness (QED) is 0.275.